The van der Waals surface area contributed by atoms with Gasteiger partial charge in [0.15, 0.2) is 8.32 Å². The van der Waals surface area contributed by atoms with Crippen LogP contribution in [0.25, 0.3) is 0 Å². The molecule has 0 spiro atoms. The average Bonchev–Trinajstić information content (AvgIpc) is 2.23. The van der Waals surface area contributed by atoms with Crippen LogP contribution in [0.4, 0.5) is 0 Å². The van der Waals surface area contributed by atoms with Gasteiger partial charge >= 0.3 is 0 Å². The molecule has 1 nitrogen and oxygen atoms in total. The van der Waals surface area contributed by atoms with Crippen LogP contribution in [0.1, 0.15) is 54.4 Å². The Kier molecular flexibility index (Phi) is 6.71. The fourth-order valence-corrected chi connectivity index (χ4v) is 7.59. The Morgan fingerprint density at radius 1 is 0.929 bits per heavy atom. The smallest absolute Gasteiger partial charge is 0.198 e. The van der Waals surface area contributed by atoms with Crippen LogP contribution in [0.15, 0.2) is 0 Å². The maximum atomic E-state index is 6.22. The molecule has 0 radical (unpaired) electrons. The summed E-state index contributed by atoms with van der Waals surface area (Å²) in [5.41, 5.74) is 1.59. The van der Waals surface area contributed by atoms with E-state index in [-0.39, 0.29) is 0 Å². The van der Waals surface area contributed by atoms with Gasteiger partial charge in [0, 0.05) is 6.61 Å². The molecule has 0 aliphatic carbocycles. The highest BCUT2D eigenvalue weighted by Crippen LogP contribution is 2.40. The first-order valence-electron chi connectivity index (χ1n) is 6.22. The molecule has 0 amide bonds. The zero-order valence-electron chi connectivity index (χ0n) is 10.9. The molecule has 0 aromatic heterocycles. The van der Waals surface area contributed by atoms with Crippen LogP contribution in [0.3, 0.4) is 0 Å². The van der Waals surface area contributed by atoms with Gasteiger partial charge in [0.2, 0.25) is 0 Å². The largest absolute Gasteiger partial charge is 0.417 e. The van der Waals surface area contributed by atoms with Crippen molar-refractivity contribution < 1.29 is 4.43 Å². The Hall–Kier alpha value is 0.177. The van der Waals surface area contributed by atoms with Gasteiger partial charge in [-0.25, -0.2) is 0 Å². The van der Waals surface area contributed by atoms with Gasteiger partial charge in [-0.3, -0.25) is 0 Å². The quantitative estimate of drug-likeness (QED) is 0.566. The third-order valence-corrected chi connectivity index (χ3v) is 9.94. The Bertz CT molecular complexity index is 137. The Balaban J connectivity index is 4.76. The first-order valence-corrected chi connectivity index (χ1v) is 8.49. The predicted molar refractivity (Wildman–Crippen MR) is 67.3 cm³/mol. The van der Waals surface area contributed by atoms with Crippen LogP contribution in [-0.4, -0.2) is 14.9 Å². The molecule has 0 fully saturated rings. The summed E-state index contributed by atoms with van der Waals surface area (Å²) in [5.74, 6) is 0. The van der Waals surface area contributed by atoms with E-state index >= 15 is 0 Å². The third-order valence-electron chi connectivity index (χ3n) is 3.86. The van der Waals surface area contributed by atoms with Crippen molar-refractivity contribution in [1.82, 2.24) is 0 Å². The van der Waals surface area contributed by atoms with E-state index in [0.29, 0.717) is 0 Å². The second-order valence-corrected chi connectivity index (χ2v) is 9.24. The SMILES string of the molecule is CCO[Si](CC)(C(C)CC)C(C)CC. The summed E-state index contributed by atoms with van der Waals surface area (Å²) in [5, 5.41) is 0. The van der Waals surface area contributed by atoms with Crippen LogP contribution >= 0.6 is 0 Å². The molecule has 2 heteroatoms. The van der Waals surface area contributed by atoms with Crippen LogP contribution in [0, 0.1) is 0 Å². The Labute approximate surface area is 91.4 Å². The zero-order chi connectivity index (χ0) is 11.2. The molecule has 0 aliphatic heterocycles. The molecular weight excluding hydrogens is 188 g/mol. The lowest BCUT2D eigenvalue weighted by Gasteiger charge is -2.40. The lowest BCUT2D eigenvalue weighted by Crippen LogP contribution is -2.45. The predicted octanol–water partition coefficient (Wildman–Crippen LogP) is 4.59. The maximum Gasteiger partial charge on any atom is 0.198 e. The van der Waals surface area contributed by atoms with E-state index in [4.69, 9.17) is 4.43 Å². The second kappa shape index (κ2) is 6.62. The lowest BCUT2D eigenvalue weighted by molar-refractivity contribution is 0.299. The Morgan fingerprint density at radius 2 is 1.36 bits per heavy atom. The van der Waals surface area contributed by atoms with Crippen molar-refractivity contribution in [3.63, 3.8) is 0 Å². The van der Waals surface area contributed by atoms with Crippen LogP contribution in [0.5, 0.6) is 0 Å². The normalized spacial score (nSPS) is 20.1. The highest BCUT2D eigenvalue weighted by Gasteiger charge is 2.42. The number of hydrogen-bond donors (Lipinski definition) is 0. The second-order valence-electron chi connectivity index (χ2n) is 4.36. The van der Waals surface area contributed by atoms with Crippen molar-refractivity contribution >= 4 is 8.32 Å². The van der Waals surface area contributed by atoms with Crippen LogP contribution < -0.4 is 0 Å². The molecular formula is C12H28OSi. The molecule has 0 N–H and O–H groups in total. The van der Waals surface area contributed by atoms with E-state index in [9.17, 15) is 0 Å². The van der Waals surface area contributed by atoms with Gasteiger partial charge in [0.1, 0.15) is 0 Å². The van der Waals surface area contributed by atoms with E-state index in [1.165, 1.54) is 18.9 Å². The van der Waals surface area contributed by atoms with Gasteiger partial charge < -0.3 is 4.43 Å². The van der Waals surface area contributed by atoms with Gasteiger partial charge in [0.05, 0.1) is 0 Å². The first kappa shape index (κ1) is 14.2. The van der Waals surface area contributed by atoms with Crippen molar-refractivity contribution in [2.75, 3.05) is 6.61 Å². The van der Waals surface area contributed by atoms with E-state index in [2.05, 4.69) is 41.5 Å². The van der Waals surface area contributed by atoms with Crippen LogP contribution in [0.2, 0.25) is 17.1 Å². The average molecular weight is 216 g/mol. The number of rotatable bonds is 7. The minimum atomic E-state index is -1.48. The molecule has 0 bridgehead atoms. The van der Waals surface area contributed by atoms with E-state index in [0.717, 1.165) is 17.7 Å². The summed E-state index contributed by atoms with van der Waals surface area (Å²) in [6.07, 6.45) is 2.54. The Morgan fingerprint density at radius 3 is 1.57 bits per heavy atom. The summed E-state index contributed by atoms with van der Waals surface area (Å²) in [6, 6.07) is 1.27. The van der Waals surface area contributed by atoms with Gasteiger partial charge in [0.25, 0.3) is 0 Å². The van der Waals surface area contributed by atoms with E-state index < -0.39 is 8.32 Å². The van der Waals surface area contributed by atoms with Gasteiger partial charge in [-0.05, 0) is 24.1 Å². The monoisotopic (exact) mass is 216 g/mol. The highest BCUT2D eigenvalue weighted by molar-refractivity contribution is 6.76. The van der Waals surface area contributed by atoms with Gasteiger partial charge in [-0.2, -0.15) is 0 Å². The highest BCUT2D eigenvalue weighted by atomic mass is 28.4. The maximum absolute atomic E-state index is 6.22. The van der Waals surface area contributed by atoms with Gasteiger partial charge in [-0.15, -0.1) is 0 Å². The fraction of sp³-hybridized carbons (Fsp3) is 1.00. The standard InChI is InChI=1S/C12H28OSi/c1-7-11(5)14(10-4,13-9-3)12(6)8-2/h11-12H,7-10H2,1-6H3. The topological polar surface area (TPSA) is 9.23 Å². The van der Waals surface area contributed by atoms with Crippen LogP contribution in [-0.2, 0) is 4.43 Å². The molecule has 2 atom stereocenters. The molecule has 0 heterocycles. The number of hydrogen-bond acceptors (Lipinski definition) is 1. The van der Waals surface area contributed by atoms with Crippen molar-refractivity contribution in [3.8, 4) is 0 Å². The summed E-state index contributed by atoms with van der Waals surface area (Å²) < 4.78 is 6.22. The molecule has 14 heavy (non-hydrogen) atoms. The zero-order valence-corrected chi connectivity index (χ0v) is 11.9. The van der Waals surface area contributed by atoms with Crippen molar-refractivity contribution in [2.24, 2.45) is 0 Å². The summed E-state index contributed by atoms with van der Waals surface area (Å²) in [7, 11) is -1.48. The molecule has 0 rings (SSSR count). The molecule has 0 aromatic carbocycles. The summed E-state index contributed by atoms with van der Waals surface area (Å²) in [4.78, 5) is 0. The van der Waals surface area contributed by atoms with E-state index in [1.807, 2.05) is 0 Å². The van der Waals surface area contributed by atoms with Gasteiger partial charge in [-0.1, -0.05) is 47.5 Å². The molecule has 86 valence electrons. The molecule has 0 aliphatic rings. The molecule has 0 saturated heterocycles. The van der Waals surface area contributed by atoms with Crippen molar-refractivity contribution in [3.05, 3.63) is 0 Å². The molecule has 2 unspecified atom stereocenters. The fourth-order valence-electron chi connectivity index (χ4n) is 2.53. The minimum Gasteiger partial charge on any atom is -0.417 e. The summed E-state index contributed by atoms with van der Waals surface area (Å²) >= 11 is 0. The minimum absolute atomic E-state index is 0.794. The first-order chi connectivity index (χ1) is 6.58. The van der Waals surface area contributed by atoms with E-state index in [1.54, 1.807) is 0 Å². The third kappa shape index (κ3) is 2.83. The molecule has 0 aromatic rings. The molecule has 0 saturated carbocycles. The lowest BCUT2D eigenvalue weighted by atomic mass is 10.3. The van der Waals surface area contributed by atoms with Crippen molar-refractivity contribution in [1.29, 1.82) is 0 Å². The summed E-state index contributed by atoms with van der Waals surface area (Å²) in [6.45, 7) is 14.7. The van der Waals surface area contributed by atoms with Crippen molar-refractivity contribution in [2.45, 2.75) is 71.5 Å².